The summed E-state index contributed by atoms with van der Waals surface area (Å²) in [5, 5.41) is 2.20. The molecule has 128 valence electrons. The number of amides is 1. The molecule has 1 fully saturated rings. The number of carbonyl (C=O) groups is 1. The van der Waals surface area contributed by atoms with Gasteiger partial charge >= 0.3 is 0 Å². The molecule has 24 heavy (non-hydrogen) atoms. The zero-order chi connectivity index (χ0) is 17.3. The van der Waals surface area contributed by atoms with Gasteiger partial charge in [0.15, 0.2) is 0 Å². The number of aromatic nitrogens is 1. The molecule has 0 aliphatic carbocycles. The summed E-state index contributed by atoms with van der Waals surface area (Å²) in [7, 11) is 0. The molecule has 1 aliphatic heterocycles. The maximum atomic E-state index is 12.5. The minimum Gasteiger partial charge on any atom is -0.342 e. The third-order valence-electron chi connectivity index (χ3n) is 4.89. The molecule has 2 heterocycles. The smallest absolute Gasteiger partial charge is 0.232 e. The number of rotatable bonds is 3. The average Bonchev–Trinajstić information content (AvgIpc) is 2.56. The lowest BCUT2D eigenvalue weighted by molar-refractivity contribution is -0.130. The highest BCUT2D eigenvalue weighted by Crippen LogP contribution is 2.28. The quantitative estimate of drug-likeness (QED) is 0.770. The van der Waals surface area contributed by atoms with Crippen LogP contribution < -0.4 is 0 Å². The number of carbonyl (C=O) groups excluding carboxylic acids is 1. The van der Waals surface area contributed by atoms with Gasteiger partial charge in [-0.3, -0.25) is 4.79 Å². The number of thioether (sulfide) groups is 1. The van der Waals surface area contributed by atoms with Crippen LogP contribution in [0.25, 0.3) is 10.9 Å². The molecule has 0 bridgehead atoms. The lowest BCUT2D eigenvalue weighted by atomic mass is 10.0. The minimum atomic E-state index is 0.244. The molecule has 0 saturated carbocycles. The molecule has 2 aromatic rings. The first-order valence-corrected chi connectivity index (χ1v) is 9.72. The summed E-state index contributed by atoms with van der Waals surface area (Å²) in [6.45, 7) is 10.3. The molecule has 4 heteroatoms. The highest BCUT2D eigenvalue weighted by molar-refractivity contribution is 7.99. The van der Waals surface area contributed by atoms with Crippen LogP contribution in [0.5, 0.6) is 0 Å². The standard InChI is InChI=1S/C20H26N2OS/c1-13-6-5-9-22(11-13)18(23)12-24-20-16(4)10-17-14(2)7-8-15(3)19(17)21-20/h7-8,10,13H,5-6,9,11-12H2,1-4H3/t13-/m1/s1. The summed E-state index contributed by atoms with van der Waals surface area (Å²) in [5.74, 6) is 1.35. The molecule has 1 aromatic carbocycles. The van der Waals surface area contributed by atoms with Crippen molar-refractivity contribution in [3.8, 4) is 0 Å². The summed E-state index contributed by atoms with van der Waals surface area (Å²) in [6.07, 6.45) is 2.37. The molecule has 0 spiro atoms. The van der Waals surface area contributed by atoms with E-state index in [-0.39, 0.29) is 5.91 Å². The van der Waals surface area contributed by atoms with Crippen LogP contribution in [-0.4, -0.2) is 34.6 Å². The van der Waals surface area contributed by atoms with Crippen LogP contribution >= 0.6 is 11.8 Å². The number of nitrogens with zero attached hydrogens (tertiary/aromatic N) is 2. The van der Waals surface area contributed by atoms with Crippen LogP contribution in [0.3, 0.4) is 0 Å². The molecule has 1 saturated heterocycles. The number of fused-ring (bicyclic) bond motifs is 1. The molecular weight excluding hydrogens is 316 g/mol. The second kappa shape index (κ2) is 7.14. The van der Waals surface area contributed by atoms with Gasteiger partial charge in [0.25, 0.3) is 0 Å². The first-order chi connectivity index (χ1) is 11.5. The maximum absolute atomic E-state index is 12.5. The van der Waals surface area contributed by atoms with E-state index in [0.29, 0.717) is 11.7 Å². The van der Waals surface area contributed by atoms with Crippen molar-refractivity contribution in [3.63, 3.8) is 0 Å². The van der Waals surface area contributed by atoms with E-state index in [1.165, 1.54) is 22.9 Å². The molecule has 0 radical (unpaired) electrons. The van der Waals surface area contributed by atoms with Crippen molar-refractivity contribution in [1.82, 2.24) is 9.88 Å². The van der Waals surface area contributed by atoms with E-state index in [2.05, 4.69) is 45.9 Å². The fourth-order valence-electron chi connectivity index (χ4n) is 3.40. The van der Waals surface area contributed by atoms with Crippen molar-refractivity contribution in [2.75, 3.05) is 18.8 Å². The summed E-state index contributed by atoms with van der Waals surface area (Å²) in [5.41, 5.74) is 4.65. The van der Waals surface area contributed by atoms with Crippen LogP contribution in [0, 0.1) is 26.7 Å². The monoisotopic (exact) mass is 342 g/mol. The van der Waals surface area contributed by atoms with Gasteiger partial charge in [-0.25, -0.2) is 4.98 Å². The van der Waals surface area contributed by atoms with Crippen LogP contribution in [0.2, 0.25) is 0 Å². The van der Waals surface area contributed by atoms with Crippen molar-refractivity contribution in [1.29, 1.82) is 0 Å². The molecule has 1 amide bonds. The molecule has 1 aliphatic rings. The van der Waals surface area contributed by atoms with Crippen LogP contribution in [0.1, 0.15) is 36.5 Å². The Labute approximate surface area is 148 Å². The Hall–Kier alpha value is -1.55. The average molecular weight is 343 g/mol. The number of benzene rings is 1. The highest BCUT2D eigenvalue weighted by atomic mass is 32.2. The van der Waals surface area contributed by atoms with Crippen molar-refractivity contribution in [2.45, 2.75) is 45.6 Å². The SMILES string of the molecule is Cc1cc2c(C)ccc(C)c2nc1SCC(=O)N1CCC[C@@H](C)C1. The Kier molecular flexibility index (Phi) is 5.14. The van der Waals surface area contributed by atoms with E-state index in [0.717, 1.165) is 35.6 Å². The van der Waals surface area contributed by atoms with Crippen LogP contribution in [-0.2, 0) is 4.79 Å². The largest absolute Gasteiger partial charge is 0.342 e. The Morgan fingerprint density at radius 2 is 2.00 bits per heavy atom. The Morgan fingerprint density at radius 1 is 1.25 bits per heavy atom. The normalized spacial score (nSPS) is 18.2. The number of likely N-dealkylation sites (tertiary alicyclic amines) is 1. The van der Waals surface area contributed by atoms with Gasteiger partial charge in [0, 0.05) is 18.5 Å². The van der Waals surface area contributed by atoms with Gasteiger partial charge in [0.1, 0.15) is 5.03 Å². The number of pyridine rings is 1. The lowest BCUT2D eigenvalue weighted by Gasteiger charge is -2.30. The second-order valence-electron chi connectivity index (χ2n) is 7.08. The number of aryl methyl sites for hydroxylation is 3. The molecule has 0 N–H and O–H groups in total. The summed E-state index contributed by atoms with van der Waals surface area (Å²) >= 11 is 1.58. The van der Waals surface area contributed by atoms with Gasteiger partial charge in [-0.1, -0.05) is 30.8 Å². The van der Waals surface area contributed by atoms with E-state index in [9.17, 15) is 4.79 Å². The van der Waals surface area contributed by atoms with E-state index >= 15 is 0 Å². The van der Waals surface area contributed by atoms with Crippen molar-refractivity contribution in [3.05, 3.63) is 34.9 Å². The topological polar surface area (TPSA) is 33.2 Å². The van der Waals surface area contributed by atoms with Crippen LogP contribution in [0.15, 0.2) is 23.2 Å². The highest BCUT2D eigenvalue weighted by Gasteiger charge is 2.21. The summed E-state index contributed by atoms with van der Waals surface area (Å²) in [4.78, 5) is 19.4. The predicted molar refractivity (Wildman–Crippen MR) is 102 cm³/mol. The molecule has 1 atom stereocenters. The lowest BCUT2D eigenvalue weighted by Crippen LogP contribution is -2.40. The first kappa shape index (κ1) is 17.3. The number of hydrogen-bond acceptors (Lipinski definition) is 3. The van der Waals surface area contributed by atoms with Crippen molar-refractivity contribution in [2.24, 2.45) is 5.92 Å². The van der Waals surface area contributed by atoms with Gasteiger partial charge in [0.2, 0.25) is 5.91 Å². The Balaban J connectivity index is 1.76. The summed E-state index contributed by atoms with van der Waals surface area (Å²) in [6, 6.07) is 6.47. The minimum absolute atomic E-state index is 0.244. The van der Waals surface area contributed by atoms with Crippen molar-refractivity contribution < 1.29 is 4.79 Å². The van der Waals surface area contributed by atoms with Gasteiger partial charge in [-0.2, -0.15) is 0 Å². The second-order valence-corrected chi connectivity index (χ2v) is 8.05. The molecule has 3 rings (SSSR count). The van der Waals surface area contributed by atoms with Gasteiger partial charge < -0.3 is 4.90 Å². The van der Waals surface area contributed by atoms with E-state index in [4.69, 9.17) is 4.98 Å². The fourth-order valence-corrected chi connectivity index (χ4v) is 4.29. The summed E-state index contributed by atoms with van der Waals surface area (Å²) < 4.78 is 0. The van der Waals surface area contributed by atoms with Gasteiger partial charge in [0.05, 0.1) is 11.3 Å². The Bertz CT molecular complexity index is 772. The van der Waals surface area contributed by atoms with E-state index in [1.54, 1.807) is 11.8 Å². The zero-order valence-electron chi connectivity index (χ0n) is 15.1. The van der Waals surface area contributed by atoms with Crippen LogP contribution in [0.4, 0.5) is 0 Å². The molecule has 1 aromatic heterocycles. The maximum Gasteiger partial charge on any atom is 0.232 e. The van der Waals surface area contributed by atoms with E-state index in [1.807, 2.05) is 4.90 Å². The number of piperidine rings is 1. The Morgan fingerprint density at radius 3 is 2.75 bits per heavy atom. The van der Waals surface area contributed by atoms with E-state index < -0.39 is 0 Å². The first-order valence-electron chi connectivity index (χ1n) is 8.74. The molecular formula is C20H26N2OS. The predicted octanol–water partition coefficient (Wildman–Crippen LogP) is 4.51. The van der Waals surface area contributed by atoms with Gasteiger partial charge in [-0.15, -0.1) is 0 Å². The van der Waals surface area contributed by atoms with Gasteiger partial charge in [-0.05, 0) is 62.3 Å². The van der Waals surface area contributed by atoms with Crippen molar-refractivity contribution >= 4 is 28.6 Å². The molecule has 3 nitrogen and oxygen atoms in total. The fraction of sp³-hybridized carbons (Fsp3) is 0.500. The number of hydrogen-bond donors (Lipinski definition) is 0. The third kappa shape index (κ3) is 3.59. The zero-order valence-corrected chi connectivity index (χ0v) is 15.9. The molecule has 0 unspecified atom stereocenters. The third-order valence-corrected chi connectivity index (χ3v) is 5.97.